The number of hydrogen-bond donors (Lipinski definition) is 1. The van der Waals surface area contributed by atoms with E-state index in [1.54, 1.807) is 6.07 Å². The Bertz CT molecular complexity index is 1340. The zero-order valence-corrected chi connectivity index (χ0v) is 18.8. The molecule has 1 aliphatic heterocycles. The highest BCUT2D eigenvalue weighted by molar-refractivity contribution is 7.18. The lowest BCUT2D eigenvalue weighted by molar-refractivity contribution is -0.126. The van der Waals surface area contributed by atoms with Crippen LogP contribution in [0.3, 0.4) is 0 Å². The monoisotopic (exact) mass is 473 g/mol. The summed E-state index contributed by atoms with van der Waals surface area (Å²) in [5.41, 5.74) is 2.92. The predicted octanol–water partition coefficient (Wildman–Crippen LogP) is 5.72. The van der Waals surface area contributed by atoms with E-state index in [0.717, 1.165) is 77.2 Å². The number of nitrogens with one attached hydrogen (secondary N) is 1. The molecule has 2 aliphatic rings. The molecule has 6 nitrogen and oxygen atoms in total. The van der Waals surface area contributed by atoms with Gasteiger partial charge in [-0.3, -0.25) is 0 Å². The van der Waals surface area contributed by atoms with Crippen LogP contribution in [0.1, 0.15) is 29.8 Å². The summed E-state index contributed by atoms with van der Waals surface area (Å²) in [7, 11) is 0. The van der Waals surface area contributed by atoms with Gasteiger partial charge < -0.3 is 14.7 Å². The molecule has 1 saturated carbocycles. The Labute approximate surface area is 191 Å². The first-order chi connectivity index (χ1) is 15.8. The van der Waals surface area contributed by atoms with E-state index in [1.165, 1.54) is 6.33 Å². The van der Waals surface area contributed by atoms with Crippen LogP contribution in [0.4, 0.5) is 24.7 Å². The molecule has 0 atom stereocenters. The highest BCUT2D eigenvalue weighted by atomic mass is 32.1. The molecule has 2 fully saturated rings. The van der Waals surface area contributed by atoms with Crippen molar-refractivity contribution in [3.05, 3.63) is 41.2 Å². The molecular weight excluding hydrogens is 451 g/mol. The third kappa shape index (κ3) is 3.80. The van der Waals surface area contributed by atoms with E-state index in [-0.39, 0.29) is 10.3 Å². The lowest BCUT2D eigenvalue weighted by Gasteiger charge is -2.46. The van der Waals surface area contributed by atoms with Gasteiger partial charge in [0, 0.05) is 41.1 Å². The molecule has 10 heteroatoms. The van der Waals surface area contributed by atoms with Crippen LogP contribution in [-0.2, 0) is 6.42 Å². The van der Waals surface area contributed by atoms with Crippen molar-refractivity contribution in [1.82, 2.24) is 15.1 Å². The van der Waals surface area contributed by atoms with Gasteiger partial charge in [-0.1, -0.05) is 5.16 Å². The molecule has 4 heterocycles. The minimum atomic E-state index is -4.23. The standard InChI is InChI=1S/C23H22F3N5OS/c1-13-17-3-2-14(6-19(17)32-30-13)29-15-8-22(9-15)4-5-31(11-22)20-18-7-16(10-23(24,25)26)33-21(18)28-12-27-20/h2-3,6-7,12,15,29H,4-5,8-11H2,1H3. The van der Waals surface area contributed by atoms with Gasteiger partial charge in [0.05, 0.1) is 17.5 Å². The first-order valence-corrected chi connectivity index (χ1v) is 11.8. The summed E-state index contributed by atoms with van der Waals surface area (Å²) in [5, 5.41) is 9.37. The van der Waals surface area contributed by atoms with Gasteiger partial charge in [-0.2, -0.15) is 13.2 Å². The Morgan fingerprint density at radius 1 is 1.21 bits per heavy atom. The van der Waals surface area contributed by atoms with Gasteiger partial charge in [-0.05, 0) is 49.8 Å². The molecule has 1 aromatic carbocycles. The summed E-state index contributed by atoms with van der Waals surface area (Å²) in [4.78, 5) is 11.8. The van der Waals surface area contributed by atoms with Crippen LogP contribution in [0.5, 0.6) is 0 Å². The van der Waals surface area contributed by atoms with Crippen LogP contribution in [0, 0.1) is 12.3 Å². The first kappa shape index (κ1) is 20.7. The van der Waals surface area contributed by atoms with Crippen LogP contribution in [0.2, 0.25) is 0 Å². The zero-order valence-electron chi connectivity index (χ0n) is 17.9. The molecule has 1 saturated heterocycles. The van der Waals surface area contributed by atoms with E-state index in [9.17, 15) is 13.2 Å². The second-order valence-electron chi connectivity index (χ2n) is 9.32. The normalized spacial score (nSPS) is 23.0. The lowest BCUT2D eigenvalue weighted by Crippen LogP contribution is -2.46. The van der Waals surface area contributed by atoms with Crippen molar-refractivity contribution in [2.45, 2.75) is 44.8 Å². The summed E-state index contributed by atoms with van der Waals surface area (Å²) >= 11 is 1.10. The fraction of sp³-hybridized carbons (Fsp3) is 0.435. The molecule has 1 aliphatic carbocycles. The predicted molar refractivity (Wildman–Crippen MR) is 122 cm³/mol. The summed E-state index contributed by atoms with van der Waals surface area (Å²) in [6, 6.07) is 8.08. The number of aromatic nitrogens is 3. The van der Waals surface area contributed by atoms with Crippen LogP contribution < -0.4 is 10.2 Å². The maximum absolute atomic E-state index is 12.8. The molecule has 6 rings (SSSR count). The highest BCUT2D eigenvalue weighted by Crippen LogP contribution is 2.50. The zero-order chi connectivity index (χ0) is 22.8. The topological polar surface area (TPSA) is 67.1 Å². The van der Waals surface area contributed by atoms with E-state index in [0.29, 0.717) is 10.9 Å². The quantitative estimate of drug-likeness (QED) is 0.409. The minimum Gasteiger partial charge on any atom is -0.382 e. The van der Waals surface area contributed by atoms with Gasteiger partial charge in [0.2, 0.25) is 0 Å². The summed E-state index contributed by atoms with van der Waals surface area (Å²) in [6.07, 6.45) is -0.539. The van der Waals surface area contributed by atoms with Crippen LogP contribution in [0.15, 0.2) is 35.1 Å². The van der Waals surface area contributed by atoms with Crippen molar-refractivity contribution in [3.63, 3.8) is 0 Å². The van der Waals surface area contributed by atoms with Gasteiger partial charge in [0.15, 0.2) is 5.58 Å². The molecule has 4 aromatic rings. The smallest absolute Gasteiger partial charge is 0.382 e. The molecule has 33 heavy (non-hydrogen) atoms. The highest BCUT2D eigenvalue weighted by Gasteiger charge is 2.49. The largest absolute Gasteiger partial charge is 0.393 e. The van der Waals surface area contributed by atoms with Crippen molar-refractivity contribution in [2.75, 3.05) is 23.3 Å². The van der Waals surface area contributed by atoms with Gasteiger partial charge in [0.1, 0.15) is 17.0 Å². The Kier molecular flexibility index (Phi) is 4.59. The number of fused-ring (bicyclic) bond motifs is 2. The molecule has 3 aromatic heterocycles. The minimum absolute atomic E-state index is 0.215. The first-order valence-electron chi connectivity index (χ1n) is 10.9. The third-order valence-corrected chi connectivity index (χ3v) is 7.90. The van der Waals surface area contributed by atoms with E-state index >= 15 is 0 Å². The van der Waals surface area contributed by atoms with Crippen LogP contribution in [-0.4, -0.2) is 40.4 Å². The van der Waals surface area contributed by atoms with Gasteiger partial charge in [-0.15, -0.1) is 11.3 Å². The summed E-state index contributed by atoms with van der Waals surface area (Å²) in [6.45, 7) is 3.65. The van der Waals surface area contributed by atoms with Crippen LogP contribution in [0.25, 0.3) is 21.2 Å². The maximum Gasteiger partial charge on any atom is 0.393 e. The van der Waals surface area contributed by atoms with Gasteiger partial charge in [0.25, 0.3) is 0 Å². The number of anilines is 2. The second kappa shape index (κ2) is 7.31. The molecule has 0 radical (unpaired) electrons. The number of rotatable bonds is 4. The maximum atomic E-state index is 12.8. The number of alkyl halides is 3. The number of nitrogens with zero attached hydrogens (tertiary/aromatic N) is 4. The van der Waals surface area contributed by atoms with E-state index in [1.807, 2.05) is 19.1 Å². The Morgan fingerprint density at radius 3 is 2.88 bits per heavy atom. The van der Waals surface area contributed by atoms with E-state index in [2.05, 4.69) is 31.4 Å². The number of hydrogen-bond acceptors (Lipinski definition) is 7. The SMILES string of the molecule is Cc1noc2cc(NC3CC4(CCN(c5ncnc6sc(CC(F)(F)F)cc56)C4)C3)ccc12. The van der Waals surface area contributed by atoms with Crippen molar-refractivity contribution < 1.29 is 17.7 Å². The summed E-state index contributed by atoms with van der Waals surface area (Å²) < 4.78 is 43.9. The molecule has 172 valence electrons. The average molecular weight is 474 g/mol. The number of thiophene rings is 1. The molecule has 1 spiro atoms. The second-order valence-corrected chi connectivity index (χ2v) is 10.4. The molecule has 0 amide bonds. The number of halogens is 3. The van der Waals surface area contributed by atoms with Gasteiger partial charge >= 0.3 is 6.18 Å². The molecule has 0 bridgehead atoms. The fourth-order valence-electron chi connectivity index (χ4n) is 5.36. The van der Waals surface area contributed by atoms with E-state index in [4.69, 9.17) is 4.52 Å². The van der Waals surface area contributed by atoms with Crippen molar-refractivity contribution in [3.8, 4) is 0 Å². The van der Waals surface area contributed by atoms with Crippen molar-refractivity contribution in [1.29, 1.82) is 0 Å². The number of aryl methyl sites for hydroxylation is 1. The van der Waals surface area contributed by atoms with Crippen LogP contribution >= 0.6 is 11.3 Å². The average Bonchev–Trinajstić information content (AvgIpc) is 3.43. The fourth-order valence-corrected chi connectivity index (χ4v) is 6.38. The number of benzene rings is 1. The molecule has 0 unspecified atom stereocenters. The molecular formula is C23H22F3N5OS. The third-order valence-electron chi connectivity index (χ3n) is 6.85. The van der Waals surface area contributed by atoms with Crippen molar-refractivity contribution in [2.24, 2.45) is 5.41 Å². The van der Waals surface area contributed by atoms with Gasteiger partial charge in [-0.25, -0.2) is 9.97 Å². The Balaban J connectivity index is 1.14. The summed E-state index contributed by atoms with van der Waals surface area (Å²) in [5.74, 6) is 0.754. The molecule has 1 N–H and O–H groups in total. The Hall–Kier alpha value is -2.88. The van der Waals surface area contributed by atoms with Crippen molar-refractivity contribution >= 4 is 44.0 Å². The van der Waals surface area contributed by atoms with E-state index < -0.39 is 12.6 Å². The lowest BCUT2D eigenvalue weighted by atomic mass is 9.65. The Morgan fingerprint density at radius 2 is 2.06 bits per heavy atom.